The Morgan fingerprint density at radius 3 is 2.57 bits per heavy atom. The third kappa shape index (κ3) is 6.52. The average molecular weight is 481 g/mol. The predicted octanol–water partition coefficient (Wildman–Crippen LogP) is 1.59. The highest BCUT2D eigenvalue weighted by Crippen LogP contribution is 2.27. The number of hydrazone groups is 1. The first-order chi connectivity index (χ1) is 17.0. The number of hydrogen-bond donors (Lipinski definition) is 1. The highest BCUT2D eigenvalue weighted by Gasteiger charge is 2.27. The molecule has 35 heavy (non-hydrogen) atoms. The van der Waals surface area contributed by atoms with Crippen molar-refractivity contribution in [3.63, 3.8) is 0 Å². The average Bonchev–Trinajstić information content (AvgIpc) is 2.89. The molecule has 186 valence electrons. The van der Waals surface area contributed by atoms with E-state index in [0.717, 1.165) is 36.2 Å². The number of ketones is 1. The third-order valence-corrected chi connectivity index (χ3v) is 6.20. The fraction of sp³-hybridized carbons (Fsp3) is 0.423. The first-order valence-corrected chi connectivity index (χ1v) is 11.8. The Hall–Kier alpha value is -3.11. The lowest BCUT2D eigenvalue weighted by Gasteiger charge is -2.34. The number of methoxy groups -OCH3 is 1. The van der Waals surface area contributed by atoms with E-state index >= 15 is 0 Å². The standard InChI is InChI=1S/C26H32N4O5/c1-33-14-15-35-24(31)18-29-9-8-20-6-7-22(16-23(20)26(29)27)25(32)21-4-2-19(3-5-21)17-28-30-10-12-34-13-11-30/h2-7,16-17,26H,8-15,18,27H2,1H3. The number of esters is 1. The molecule has 2 aromatic carbocycles. The maximum atomic E-state index is 13.2. The van der Waals surface area contributed by atoms with E-state index in [1.807, 2.05) is 52.4 Å². The molecule has 1 fully saturated rings. The second-order valence-corrected chi connectivity index (χ2v) is 8.55. The zero-order valence-electron chi connectivity index (χ0n) is 20.0. The number of hydrogen-bond acceptors (Lipinski definition) is 9. The molecule has 0 radical (unpaired) electrons. The van der Waals surface area contributed by atoms with Crippen molar-refractivity contribution < 1.29 is 23.8 Å². The summed E-state index contributed by atoms with van der Waals surface area (Å²) in [5, 5.41) is 6.45. The monoisotopic (exact) mass is 480 g/mol. The van der Waals surface area contributed by atoms with Crippen LogP contribution >= 0.6 is 0 Å². The number of fused-ring (bicyclic) bond motifs is 1. The Bertz CT molecular complexity index is 1050. The Morgan fingerprint density at radius 1 is 1.09 bits per heavy atom. The molecule has 0 aromatic heterocycles. The van der Waals surface area contributed by atoms with Gasteiger partial charge in [0.05, 0.1) is 51.8 Å². The maximum Gasteiger partial charge on any atom is 0.320 e. The first-order valence-electron chi connectivity index (χ1n) is 11.8. The number of carbonyl (C=O) groups is 2. The number of ether oxygens (including phenoxy) is 3. The van der Waals surface area contributed by atoms with E-state index in [-0.39, 0.29) is 24.9 Å². The minimum absolute atomic E-state index is 0.0761. The van der Waals surface area contributed by atoms with Crippen LogP contribution in [-0.2, 0) is 25.4 Å². The van der Waals surface area contributed by atoms with E-state index in [2.05, 4.69) is 5.10 Å². The highest BCUT2D eigenvalue weighted by molar-refractivity contribution is 6.09. The lowest BCUT2D eigenvalue weighted by Crippen LogP contribution is -2.43. The second-order valence-electron chi connectivity index (χ2n) is 8.55. The minimum atomic E-state index is -0.486. The number of rotatable bonds is 9. The van der Waals surface area contributed by atoms with Crippen LogP contribution in [0.5, 0.6) is 0 Å². The third-order valence-electron chi connectivity index (χ3n) is 6.20. The van der Waals surface area contributed by atoms with Gasteiger partial charge in [-0.3, -0.25) is 19.5 Å². The molecular weight excluding hydrogens is 448 g/mol. The van der Waals surface area contributed by atoms with Crippen LogP contribution in [0.4, 0.5) is 0 Å². The molecule has 9 nitrogen and oxygen atoms in total. The van der Waals surface area contributed by atoms with Crippen molar-refractivity contribution in [1.82, 2.24) is 9.91 Å². The molecule has 0 spiro atoms. The quantitative estimate of drug-likeness (QED) is 0.250. The van der Waals surface area contributed by atoms with Gasteiger partial charge in [0.15, 0.2) is 5.78 Å². The summed E-state index contributed by atoms with van der Waals surface area (Å²) in [6.45, 7) is 4.24. The topological polar surface area (TPSA) is 107 Å². The Kier molecular flexibility index (Phi) is 8.59. The van der Waals surface area contributed by atoms with Crippen molar-refractivity contribution in [2.45, 2.75) is 12.6 Å². The summed E-state index contributed by atoms with van der Waals surface area (Å²) >= 11 is 0. The molecule has 4 rings (SSSR count). The largest absolute Gasteiger partial charge is 0.462 e. The molecule has 1 unspecified atom stereocenters. The van der Waals surface area contributed by atoms with E-state index in [4.69, 9.17) is 19.9 Å². The van der Waals surface area contributed by atoms with E-state index in [9.17, 15) is 9.59 Å². The van der Waals surface area contributed by atoms with Crippen LogP contribution in [0.15, 0.2) is 47.6 Å². The van der Waals surface area contributed by atoms with Gasteiger partial charge in [0.1, 0.15) is 6.61 Å². The molecule has 0 bridgehead atoms. The molecule has 0 aliphatic carbocycles. The van der Waals surface area contributed by atoms with Crippen LogP contribution < -0.4 is 5.73 Å². The molecule has 2 aromatic rings. The van der Waals surface area contributed by atoms with Crippen molar-refractivity contribution in [3.05, 3.63) is 70.3 Å². The summed E-state index contributed by atoms with van der Waals surface area (Å²) in [5.41, 5.74) is 10.5. The van der Waals surface area contributed by atoms with Gasteiger partial charge < -0.3 is 19.9 Å². The lowest BCUT2D eigenvalue weighted by atomic mass is 9.92. The molecule has 1 atom stereocenters. The van der Waals surface area contributed by atoms with Crippen LogP contribution in [0.2, 0.25) is 0 Å². The molecule has 2 aliphatic rings. The maximum absolute atomic E-state index is 13.2. The SMILES string of the molecule is COCCOC(=O)CN1CCc2ccc(C(=O)c3ccc(C=NN4CCOCC4)cc3)cc2C1N. The summed E-state index contributed by atoms with van der Waals surface area (Å²) < 4.78 is 15.4. The van der Waals surface area contributed by atoms with Crippen molar-refractivity contribution >= 4 is 18.0 Å². The number of carbonyl (C=O) groups excluding carboxylic acids is 2. The van der Waals surface area contributed by atoms with Gasteiger partial charge in [-0.15, -0.1) is 0 Å². The number of nitrogens with zero attached hydrogens (tertiary/aromatic N) is 3. The molecule has 2 aliphatic heterocycles. The Morgan fingerprint density at radius 2 is 1.83 bits per heavy atom. The number of nitrogens with two attached hydrogens (primary N) is 1. The second kappa shape index (κ2) is 12.0. The normalized spacial score (nSPS) is 18.5. The molecule has 9 heteroatoms. The molecular formula is C26H32N4O5. The van der Waals surface area contributed by atoms with E-state index in [1.165, 1.54) is 0 Å². The van der Waals surface area contributed by atoms with Gasteiger partial charge in [0, 0.05) is 24.8 Å². The summed E-state index contributed by atoms with van der Waals surface area (Å²) in [4.78, 5) is 27.2. The van der Waals surface area contributed by atoms with Gasteiger partial charge in [-0.1, -0.05) is 36.4 Å². The Balaban J connectivity index is 1.41. The van der Waals surface area contributed by atoms with E-state index in [1.54, 1.807) is 13.3 Å². The molecule has 0 amide bonds. The molecule has 2 heterocycles. The summed E-state index contributed by atoms with van der Waals surface area (Å²) in [7, 11) is 1.56. The van der Waals surface area contributed by atoms with Crippen molar-refractivity contribution in [1.29, 1.82) is 0 Å². The zero-order chi connectivity index (χ0) is 24.6. The smallest absolute Gasteiger partial charge is 0.320 e. The number of morpholine rings is 1. The van der Waals surface area contributed by atoms with E-state index < -0.39 is 6.17 Å². The highest BCUT2D eigenvalue weighted by atomic mass is 16.6. The minimum Gasteiger partial charge on any atom is -0.462 e. The first kappa shape index (κ1) is 25.0. The van der Waals surface area contributed by atoms with Crippen LogP contribution in [0.3, 0.4) is 0 Å². The van der Waals surface area contributed by atoms with Gasteiger partial charge in [-0.25, -0.2) is 0 Å². The van der Waals surface area contributed by atoms with Crippen molar-refractivity contribution in [2.75, 3.05) is 59.7 Å². The molecule has 1 saturated heterocycles. The Labute approximate surface area is 205 Å². The van der Waals surface area contributed by atoms with Crippen molar-refractivity contribution in [2.24, 2.45) is 10.8 Å². The zero-order valence-corrected chi connectivity index (χ0v) is 20.0. The predicted molar refractivity (Wildman–Crippen MR) is 131 cm³/mol. The molecule has 0 saturated carbocycles. The van der Waals surface area contributed by atoms with Gasteiger partial charge >= 0.3 is 5.97 Å². The summed E-state index contributed by atoms with van der Waals surface area (Å²) in [6, 6.07) is 13.0. The van der Waals surface area contributed by atoms with Gasteiger partial charge in [-0.05, 0) is 29.2 Å². The van der Waals surface area contributed by atoms with Crippen LogP contribution in [0.25, 0.3) is 0 Å². The van der Waals surface area contributed by atoms with Gasteiger partial charge in [-0.2, -0.15) is 5.10 Å². The summed E-state index contributed by atoms with van der Waals surface area (Å²) in [5.74, 6) is -0.418. The van der Waals surface area contributed by atoms with Crippen LogP contribution in [-0.4, -0.2) is 87.6 Å². The van der Waals surface area contributed by atoms with Crippen LogP contribution in [0, 0.1) is 0 Å². The van der Waals surface area contributed by atoms with Crippen molar-refractivity contribution in [3.8, 4) is 0 Å². The van der Waals surface area contributed by atoms with E-state index in [0.29, 0.717) is 37.5 Å². The van der Waals surface area contributed by atoms with Crippen LogP contribution in [0.1, 0.15) is 38.8 Å². The fourth-order valence-corrected chi connectivity index (χ4v) is 4.17. The van der Waals surface area contributed by atoms with Gasteiger partial charge in [0.25, 0.3) is 0 Å². The number of benzene rings is 2. The van der Waals surface area contributed by atoms with Gasteiger partial charge in [0.2, 0.25) is 0 Å². The fourth-order valence-electron chi connectivity index (χ4n) is 4.17. The lowest BCUT2D eigenvalue weighted by molar-refractivity contribution is -0.147. The molecule has 2 N–H and O–H groups in total. The summed E-state index contributed by atoms with van der Waals surface area (Å²) in [6.07, 6.45) is 2.06.